The number of hydrogen-bond donors (Lipinski definition) is 2. The van der Waals surface area contributed by atoms with Gasteiger partial charge in [-0.1, -0.05) is 30.3 Å². The molecule has 0 radical (unpaired) electrons. The number of hydrogen-bond acceptors (Lipinski definition) is 7. The van der Waals surface area contributed by atoms with E-state index in [2.05, 4.69) is 15.3 Å². The first-order valence-electron chi connectivity index (χ1n) is 9.94. The van der Waals surface area contributed by atoms with Gasteiger partial charge in [0.15, 0.2) is 0 Å². The molecule has 158 valence electrons. The summed E-state index contributed by atoms with van der Waals surface area (Å²) in [5.74, 6) is 0.361. The van der Waals surface area contributed by atoms with E-state index in [-0.39, 0.29) is 5.91 Å². The van der Waals surface area contributed by atoms with Gasteiger partial charge in [0.25, 0.3) is 5.91 Å². The molecule has 4 rings (SSSR count). The number of carbonyl (C=O) groups excluding carboxylic acids is 1. The van der Waals surface area contributed by atoms with E-state index in [9.17, 15) is 4.79 Å². The van der Waals surface area contributed by atoms with Gasteiger partial charge in [-0.2, -0.15) is 0 Å². The summed E-state index contributed by atoms with van der Waals surface area (Å²) in [7, 11) is 0. The Hall–Kier alpha value is -3.23. The van der Waals surface area contributed by atoms with Crippen LogP contribution in [0.3, 0.4) is 0 Å². The molecular formula is C23H23N5O2S. The van der Waals surface area contributed by atoms with Crippen LogP contribution in [0, 0.1) is 5.41 Å². The van der Waals surface area contributed by atoms with Crippen LogP contribution in [-0.2, 0) is 4.74 Å². The molecule has 2 N–H and O–H groups in total. The predicted molar refractivity (Wildman–Crippen MR) is 124 cm³/mol. The zero-order valence-electron chi connectivity index (χ0n) is 17.2. The molecule has 8 heteroatoms. The van der Waals surface area contributed by atoms with Gasteiger partial charge in [-0.15, -0.1) is 11.8 Å². The maximum absolute atomic E-state index is 12.9. The number of anilines is 2. The maximum Gasteiger partial charge on any atom is 0.254 e. The third kappa shape index (κ3) is 4.92. The molecule has 3 aromatic rings. The second-order valence-electron chi connectivity index (χ2n) is 6.98. The van der Waals surface area contributed by atoms with Gasteiger partial charge in [-0.25, -0.2) is 9.97 Å². The molecule has 0 atom stereocenters. The van der Waals surface area contributed by atoms with E-state index in [0.717, 1.165) is 11.1 Å². The topological polar surface area (TPSA) is 91.2 Å². The number of aromatic nitrogens is 2. The number of nitrogens with zero attached hydrogens (tertiary/aromatic N) is 3. The fourth-order valence-corrected chi connectivity index (χ4v) is 3.73. The Morgan fingerprint density at radius 3 is 2.45 bits per heavy atom. The third-order valence-electron chi connectivity index (χ3n) is 5.02. The minimum absolute atomic E-state index is 0.0473. The number of benzene rings is 2. The van der Waals surface area contributed by atoms with Gasteiger partial charge in [-0.3, -0.25) is 10.2 Å². The smallest absolute Gasteiger partial charge is 0.254 e. The number of carbonyl (C=O) groups is 1. The Bertz CT molecular complexity index is 1070. The monoisotopic (exact) mass is 433 g/mol. The van der Waals surface area contributed by atoms with Crippen LogP contribution in [0.15, 0.2) is 60.9 Å². The van der Waals surface area contributed by atoms with E-state index in [0.29, 0.717) is 54.1 Å². The first-order chi connectivity index (χ1) is 15.2. The van der Waals surface area contributed by atoms with Crippen LogP contribution in [0.1, 0.15) is 15.9 Å². The normalized spacial score (nSPS) is 13.6. The van der Waals surface area contributed by atoms with Crippen LogP contribution < -0.4 is 5.32 Å². The molecule has 1 aliphatic rings. The fourth-order valence-electron chi connectivity index (χ4n) is 3.33. The Morgan fingerprint density at radius 1 is 1.06 bits per heavy atom. The second kappa shape index (κ2) is 9.72. The van der Waals surface area contributed by atoms with Gasteiger partial charge in [0.1, 0.15) is 0 Å². The van der Waals surface area contributed by atoms with Crippen LogP contribution in [0.4, 0.5) is 11.6 Å². The van der Waals surface area contributed by atoms with E-state index in [1.54, 1.807) is 35.5 Å². The summed E-state index contributed by atoms with van der Waals surface area (Å²) in [4.78, 5) is 23.6. The van der Waals surface area contributed by atoms with Crippen molar-refractivity contribution in [2.24, 2.45) is 0 Å². The van der Waals surface area contributed by atoms with E-state index < -0.39 is 0 Å². The number of thioether (sulfide) groups is 1. The lowest BCUT2D eigenvalue weighted by Gasteiger charge is -2.27. The van der Waals surface area contributed by atoms with Crippen molar-refractivity contribution >= 4 is 34.3 Å². The maximum atomic E-state index is 12.9. The molecule has 2 aromatic carbocycles. The summed E-state index contributed by atoms with van der Waals surface area (Å²) >= 11 is 1.34. The lowest BCUT2D eigenvalue weighted by Crippen LogP contribution is -2.40. The average molecular weight is 434 g/mol. The molecular weight excluding hydrogens is 410 g/mol. The molecule has 1 aliphatic heterocycles. The predicted octanol–water partition coefficient (Wildman–Crippen LogP) is 4.05. The molecule has 1 saturated heterocycles. The highest BCUT2D eigenvalue weighted by Crippen LogP contribution is 2.26. The minimum Gasteiger partial charge on any atom is -0.378 e. The van der Waals surface area contributed by atoms with Crippen molar-refractivity contribution in [2.45, 2.75) is 0 Å². The molecule has 0 bridgehead atoms. The standard InChI is InChI=1S/C23H23N5O2S/c1-31-21(24)19-8-7-17(22(29)28-9-11-30-12-10-28)13-20(19)27-23-25-14-18(15-26-23)16-5-3-2-4-6-16/h2-8,13-15,24H,9-12H2,1H3,(H,25,26,27). The Balaban J connectivity index is 1.60. The van der Waals surface area contributed by atoms with Crippen molar-refractivity contribution in [2.75, 3.05) is 37.9 Å². The van der Waals surface area contributed by atoms with E-state index in [1.807, 2.05) is 36.6 Å². The fraction of sp³-hybridized carbons (Fsp3) is 0.217. The number of nitrogens with one attached hydrogen (secondary N) is 2. The second-order valence-corrected chi connectivity index (χ2v) is 7.80. The molecule has 0 unspecified atom stereocenters. The molecule has 1 aromatic heterocycles. The zero-order chi connectivity index (χ0) is 21.6. The zero-order valence-corrected chi connectivity index (χ0v) is 18.0. The van der Waals surface area contributed by atoms with Crippen LogP contribution in [-0.4, -0.2) is 58.4 Å². The molecule has 7 nitrogen and oxygen atoms in total. The van der Waals surface area contributed by atoms with Crippen LogP contribution in [0.2, 0.25) is 0 Å². The van der Waals surface area contributed by atoms with E-state index in [1.165, 1.54) is 11.8 Å². The SMILES string of the molecule is CSC(=N)c1ccc(C(=O)N2CCOCC2)cc1Nc1ncc(-c2ccccc2)cn1. The first kappa shape index (κ1) is 21.0. The highest BCUT2D eigenvalue weighted by Gasteiger charge is 2.20. The lowest BCUT2D eigenvalue weighted by atomic mass is 10.1. The Morgan fingerprint density at radius 2 is 1.77 bits per heavy atom. The molecule has 0 spiro atoms. The molecule has 1 fully saturated rings. The quantitative estimate of drug-likeness (QED) is 0.466. The average Bonchev–Trinajstić information content (AvgIpc) is 2.84. The Labute approximate surface area is 185 Å². The van der Waals surface area contributed by atoms with E-state index in [4.69, 9.17) is 10.1 Å². The summed E-state index contributed by atoms with van der Waals surface area (Å²) < 4.78 is 5.34. The summed E-state index contributed by atoms with van der Waals surface area (Å²) in [6.07, 6.45) is 5.37. The summed E-state index contributed by atoms with van der Waals surface area (Å²) in [5.41, 5.74) is 3.84. The summed E-state index contributed by atoms with van der Waals surface area (Å²) in [5, 5.41) is 11.9. The van der Waals surface area contributed by atoms with Crippen molar-refractivity contribution < 1.29 is 9.53 Å². The summed E-state index contributed by atoms with van der Waals surface area (Å²) in [6, 6.07) is 15.3. The van der Waals surface area contributed by atoms with Gasteiger partial charge >= 0.3 is 0 Å². The van der Waals surface area contributed by atoms with Crippen LogP contribution >= 0.6 is 11.8 Å². The first-order valence-corrected chi connectivity index (χ1v) is 11.2. The summed E-state index contributed by atoms with van der Waals surface area (Å²) in [6.45, 7) is 2.25. The highest BCUT2D eigenvalue weighted by molar-refractivity contribution is 8.13. The van der Waals surface area contributed by atoms with Gasteiger partial charge in [-0.05, 0) is 30.0 Å². The molecule has 1 amide bonds. The third-order valence-corrected chi connectivity index (χ3v) is 5.65. The largest absolute Gasteiger partial charge is 0.378 e. The van der Waals surface area contributed by atoms with Crippen molar-refractivity contribution in [3.05, 3.63) is 72.1 Å². The van der Waals surface area contributed by atoms with Crippen molar-refractivity contribution in [1.82, 2.24) is 14.9 Å². The van der Waals surface area contributed by atoms with E-state index >= 15 is 0 Å². The Kier molecular flexibility index (Phi) is 6.59. The molecule has 0 saturated carbocycles. The molecule has 0 aliphatic carbocycles. The minimum atomic E-state index is -0.0473. The van der Waals surface area contributed by atoms with Gasteiger partial charge in [0.2, 0.25) is 5.95 Å². The number of amides is 1. The molecule has 2 heterocycles. The molecule has 31 heavy (non-hydrogen) atoms. The van der Waals surface area contributed by atoms with Crippen LogP contribution in [0.5, 0.6) is 0 Å². The number of ether oxygens (including phenoxy) is 1. The van der Waals surface area contributed by atoms with Gasteiger partial charge in [0.05, 0.1) is 23.9 Å². The van der Waals surface area contributed by atoms with Crippen molar-refractivity contribution in [3.8, 4) is 11.1 Å². The number of morpholine rings is 1. The lowest BCUT2D eigenvalue weighted by molar-refractivity contribution is 0.0303. The van der Waals surface area contributed by atoms with Crippen LogP contribution in [0.25, 0.3) is 11.1 Å². The number of rotatable bonds is 5. The van der Waals surface area contributed by atoms with Crippen molar-refractivity contribution in [1.29, 1.82) is 5.41 Å². The van der Waals surface area contributed by atoms with Crippen molar-refractivity contribution in [3.63, 3.8) is 0 Å². The van der Waals surface area contributed by atoms with Gasteiger partial charge in [0, 0.05) is 42.2 Å². The highest BCUT2D eigenvalue weighted by atomic mass is 32.2. The van der Waals surface area contributed by atoms with Gasteiger partial charge < -0.3 is 15.0 Å².